The van der Waals surface area contributed by atoms with Crippen molar-refractivity contribution in [2.45, 2.75) is 19.6 Å². The van der Waals surface area contributed by atoms with Crippen LogP contribution in [0.2, 0.25) is 5.02 Å². The van der Waals surface area contributed by atoms with E-state index in [2.05, 4.69) is 4.74 Å². The summed E-state index contributed by atoms with van der Waals surface area (Å²) in [5.41, 5.74) is -0.226. The second-order valence-corrected chi connectivity index (χ2v) is 6.24. The molecule has 2 aromatic rings. The standard InChI is InChI=1S/C18H17ClF2N2O5/c1-10(11-4-6-12(19)7-5-11)22(2)17(24)13-8-15(27-3)16(28-18(20)21)9-14(13)23(25)26/h4-10,18H,1-3H3/t10-/m1/s1. The molecule has 0 saturated heterocycles. The number of ether oxygens (including phenoxy) is 2. The number of alkyl halides is 2. The lowest BCUT2D eigenvalue weighted by Crippen LogP contribution is -2.30. The summed E-state index contributed by atoms with van der Waals surface area (Å²) in [6.07, 6.45) is 0. The lowest BCUT2D eigenvalue weighted by molar-refractivity contribution is -0.385. The van der Waals surface area contributed by atoms with Crippen molar-refractivity contribution in [3.8, 4) is 11.5 Å². The van der Waals surface area contributed by atoms with Crippen LogP contribution < -0.4 is 9.47 Å². The third-order valence-electron chi connectivity index (χ3n) is 4.18. The SMILES string of the molecule is COc1cc(C(=O)N(C)[C@H](C)c2ccc(Cl)cc2)c([N+](=O)[O-])cc1OC(F)F. The summed E-state index contributed by atoms with van der Waals surface area (Å²) < 4.78 is 34.3. The van der Waals surface area contributed by atoms with Crippen molar-refractivity contribution >= 4 is 23.2 Å². The molecule has 1 amide bonds. The van der Waals surface area contributed by atoms with E-state index in [1.54, 1.807) is 31.2 Å². The lowest BCUT2D eigenvalue weighted by Gasteiger charge is -2.25. The number of carbonyl (C=O) groups is 1. The zero-order chi connectivity index (χ0) is 21.0. The Labute approximate surface area is 164 Å². The highest BCUT2D eigenvalue weighted by atomic mass is 35.5. The van der Waals surface area contributed by atoms with Crippen molar-refractivity contribution in [2.24, 2.45) is 0 Å². The number of nitrogens with zero attached hydrogens (tertiary/aromatic N) is 2. The van der Waals surface area contributed by atoms with Crippen LogP contribution in [0.3, 0.4) is 0 Å². The van der Waals surface area contributed by atoms with Crippen LogP contribution in [0.15, 0.2) is 36.4 Å². The van der Waals surface area contributed by atoms with Crippen molar-refractivity contribution in [2.75, 3.05) is 14.2 Å². The summed E-state index contributed by atoms with van der Waals surface area (Å²) in [5.74, 6) is -1.44. The van der Waals surface area contributed by atoms with E-state index < -0.39 is 34.9 Å². The number of carbonyl (C=O) groups excluding carboxylic acids is 1. The molecular formula is C18H17ClF2N2O5. The van der Waals surface area contributed by atoms with Gasteiger partial charge in [-0.2, -0.15) is 8.78 Å². The van der Waals surface area contributed by atoms with Crippen LogP contribution >= 0.6 is 11.6 Å². The average molecular weight is 415 g/mol. The summed E-state index contributed by atoms with van der Waals surface area (Å²) >= 11 is 5.86. The van der Waals surface area contributed by atoms with Crippen LogP contribution in [0, 0.1) is 10.1 Å². The molecule has 150 valence electrons. The molecule has 7 nitrogen and oxygen atoms in total. The van der Waals surface area contributed by atoms with Gasteiger partial charge in [-0.1, -0.05) is 23.7 Å². The Bertz CT molecular complexity index is 877. The quantitative estimate of drug-likeness (QED) is 0.485. The Hall–Kier alpha value is -2.94. The molecule has 0 aliphatic heterocycles. The van der Waals surface area contributed by atoms with E-state index >= 15 is 0 Å². The van der Waals surface area contributed by atoms with E-state index in [1.807, 2.05) is 0 Å². The predicted molar refractivity (Wildman–Crippen MR) is 98.2 cm³/mol. The molecule has 0 spiro atoms. The van der Waals surface area contributed by atoms with Crippen molar-refractivity contribution in [1.82, 2.24) is 4.90 Å². The number of nitro benzene ring substituents is 1. The van der Waals surface area contributed by atoms with Gasteiger partial charge in [-0.25, -0.2) is 0 Å². The van der Waals surface area contributed by atoms with Crippen LogP contribution in [-0.2, 0) is 0 Å². The molecule has 0 heterocycles. The number of halogens is 3. The van der Waals surface area contributed by atoms with Gasteiger partial charge in [0.25, 0.3) is 11.6 Å². The summed E-state index contributed by atoms with van der Waals surface area (Å²) in [6.45, 7) is -1.47. The van der Waals surface area contributed by atoms with Crippen molar-refractivity contribution in [3.63, 3.8) is 0 Å². The van der Waals surface area contributed by atoms with Gasteiger partial charge in [0.1, 0.15) is 5.56 Å². The fourth-order valence-corrected chi connectivity index (χ4v) is 2.68. The third kappa shape index (κ3) is 4.66. The Morgan fingerprint density at radius 3 is 2.32 bits per heavy atom. The summed E-state index contributed by atoms with van der Waals surface area (Å²) in [7, 11) is 2.65. The predicted octanol–water partition coefficient (Wildman–Crippen LogP) is 4.69. The number of rotatable bonds is 7. The number of hydrogen-bond donors (Lipinski definition) is 0. The van der Waals surface area contributed by atoms with Gasteiger partial charge < -0.3 is 14.4 Å². The summed E-state index contributed by atoms with van der Waals surface area (Å²) in [4.78, 5) is 24.8. The molecule has 0 fully saturated rings. The van der Waals surface area contributed by atoms with Gasteiger partial charge in [0, 0.05) is 18.1 Å². The fraction of sp³-hybridized carbons (Fsp3) is 0.278. The number of amides is 1. The molecule has 0 aromatic heterocycles. The minimum Gasteiger partial charge on any atom is -0.493 e. The number of methoxy groups -OCH3 is 1. The largest absolute Gasteiger partial charge is 0.493 e. The van der Waals surface area contributed by atoms with Crippen LogP contribution in [0.25, 0.3) is 0 Å². The second kappa shape index (κ2) is 8.83. The number of hydrogen-bond acceptors (Lipinski definition) is 5. The van der Waals surface area contributed by atoms with E-state index in [9.17, 15) is 23.7 Å². The smallest absolute Gasteiger partial charge is 0.387 e. The second-order valence-electron chi connectivity index (χ2n) is 5.80. The lowest BCUT2D eigenvalue weighted by atomic mass is 10.1. The molecule has 2 rings (SSSR count). The van der Waals surface area contributed by atoms with Gasteiger partial charge in [-0.05, 0) is 24.6 Å². The molecule has 0 saturated carbocycles. The molecule has 1 atom stereocenters. The van der Waals surface area contributed by atoms with Crippen molar-refractivity contribution < 1.29 is 28.0 Å². The Morgan fingerprint density at radius 2 is 1.82 bits per heavy atom. The first-order valence-corrected chi connectivity index (χ1v) is 8.37. The van der Waals surface area contributed by atoms with E-state index in [0.29, 0.717) is 5.02 Å². The van der Waals surface area contributed by atoms with Crippen LogP contribution in [0.4, 0.5) is 14.5 Å². The average Bonchev–Trinajstić information content (AvgIpc) is 2.66. The van der Waals surface area contributed by atoms with Gasteiger partial charge in [0.2, 0.25) is 0 Å². The monoisotopic (exact) mass is 414 g/mol. The van der Waals surface area contributed by atoms with Crippen LogP contribution in [-0.4, -0.2) is 36.5 Å². The van der Waals surface area contributed by atoms with Gasteiger partial charge in [0.05, 0.1) is 24.1 Å². The molecule has 0 aliphatic rings. The summed E-state index contributed by atoms with van der Waals surface area (Å²) in [5, 5.41) is 11.9. The van der Waals surface area contributed by atoms with Gasteiger partial charge >= 0.3 is 6.61 Å². The topological polar surface area (TPSA) is 81.9 Å². The minimum absolute atomic E-state index is 0.221. The molecular weight excluding hydrogens is 398 g/mol. The molecule has 0 radical (unpaired) electrons. The van der Waals surface area contributed by atoms with E-state index in [1.165, 1.54) is 19.1 Å². The Kier molecular flexibility index (Phi) is 6.74. The highest BCUT2D eigenvalue weighted by Crippen LogP contribution is 2.37. The fourth-order valence-electron chi connectivity index (χ4n) is 2.55. The zero-order valence-corrected chi connectivity index (χ0v) is 15.9. The maximum Gasteiger partial charge on any atom is 0.387 e. The van der Waals surface area contributed by atoms with Crippen LogP contribution in [0.5, 0.6) is 11.5 Å². The zero-order valence-electron chi connectivity index (χ0n) is 15.2. The van der Waals surface area contributed by atoms with Gasteiger partial charge in [-0.15, -0.1) is 0 Å². The first-order valence-electron chi connectivity index (χ1n) is 7.99. The third-order valence-corrected chi connectivity index (χ3v) is 4.43. The normalized spacial score (nSPS) is 11.8. The van der Waals surface area contributed by atoms with Gasteiger partial charge in [-0.3, -0.25) is 14.9 Å². The van der Waals surface area contributed by atoms with E-state index in [-0.39, 0.29) is 11.3 Å². The maximum absolute atomic E-state index is 12.9. The molecule has 10 heteroatoms. The molecule has 0 unspecified atom stereocenters. The minimum atomic E-state index is -3.21. The number of nitro groups is 1. The van der Waals surface area contributed by atoms with Crippen molar-refractivity contribution in [1.29, 1.82) is 0 Å². The molecule has 0 bridgehead atoms. The molecule has 2 aromatic carbocycles. The first kappa shape index (κ1) is 21.4. The van der Waals surface area contributed by atoms with E-state index in [0.717, 1.165) is 17.7 Å². The molecule has 28 heavy (non-hydrogen) atoms. The highest BCUT2D eigenvalue weighted by Gasteiger charge is 2.29. The van der Waals surface area contributed by atoms with Gasteiger partial charge in [0.15, 0.2) is 11.5 Å². The Morgan fingerprint density at radius 1 is 1.21 bits per heavy atom. The van der Waals surface area contributed by atoms with Crippen molar-refractivity contribution in [3.05, 3.63) is 62.7 Å². The Balaban J connectivity index is 2.44. The molecule has 0 aliphatic carbocycles. The first-order chi connectivity index (χ1) is 13.1. The maximum atomic E-state index is 12.9. The number of benzene rings is 2. The highest BCUT2D eigenvalue weighted by molar-refractivity contribution is 6.30. The van der Waals surface area contributed by atoms with Crippen LogP contribution in [0.1, 0.15) is 28.9 Å². The van der Waals surface area contributed by atoms with E-state index in [4.69, 9.17) is 16.3 Å². The summed E-state index contributed by atoms with van der Waals surface area (Å²) in [6, 6.07) is 8.10. The molecule has 0 N–H and O–H groups in total.